The molecule has 6 nitrogen and oxygen atoms in total. The van der Waals surface area contributed by atoms with Gasteiger partial charge in [-0.2, -0.15) is 0 Å². The van der Waals surface area contributed by atoms with Crippen molar-refractivity contribution in [3.63, 3.8) is 0 Å². The number of fused-ring (bicyclic) bond motifs is 1. The summed E-state index contributed by atoms with van der Waals surface area (Å²) in [5.41, 5.74) is 3.31. The van der Waals surface area contributed by atoms with Crippen LogP contribution in [-0.4, -0.2) is 24.2 Å². The van der Waals surface area contributed by atoms with Gasteiger partial charge in [0.15, 0.2) is 11.5 Å². The maximum absolute atomic E-state index is 11.3. The second kappa shape index (κ2) is 7.63. The predicted molar refractivity (Wildman–Crippen MR) is 101 cm³/mol. The molecule has 0 saturated heterocycles. The van der Waals surface area contributed by atoms with Crippen molar-refractivity contribution in [2.75, 3.05) is 19.5 Å². The van der Waals surface area contributed by atoms with Crippen molar-refractivity contribution < 1.29 is 9.47 Å². The number of halogens is 2. The minimum absolute atomic E-state index is 0. The third-order valence-electron chi connectivity index (χ3n) is 3.51. The van der Waals surface area contributed by atoms with Crippen molar-refractivity contribution in [3.05, 3.63) is 50.9 Å². The Bertz CT molecular complexity index is 907. The number of aromatic amines is 2. The molecule has 0 atom stereocenters. The van der Waals surface area contributed by atoms with E-state index in [-0.39, 0.29) is 18.1 Å². The van der Waals surface area contributed by atoms with E-state index in [1.165, 1.54) is 0 Å². The number of nitrogens with one attached hydrogen (secondary N) is 3. The number of benzene rings is 2. The fourth-order valence-corrected chi connectivity index (χ4v) is 3.07. The van der Waals surface area contributed by atoms with E-state index in [2.05, 4.69) is 31.2 Å². The van der Waals surface area contributed by atoms with E-state index in [1.54, 1.807) is 14.2 Å². The fraction of sp³-hybridized carbons (Fsp3) is 0.188. The number of imidazole rings is 1. The van der Waals surface area contributed by atoms with E-state index >= 15 is 0 Å². The van der Waals surface area contributed by atoms with Gasteiger partial charge in [-0.1, -0.05) is 0 Å². The van der Waals surface area contributed by atoms with Crippen LogP contribution in [0.5, 0.6) is 11.5 Å². The molecular formula is C16H17BrClN3O3. The first-order valence-electron chi connectivity index (χ1n) is 6.97. The molecule has 128 valence electrons. The maximum atomic E-state index is 11.3. The molecule has 3 N–H and O–H groups in total. The summed E-state index contributed by atoms with van der Waals surface area (Å²) in [5, 5.41) is 3.33. The molecule has 2 aromatic carbocycles. The van der Waals surface area contributed by atoms with Gasteiger partial charge in [-0.25, -0.2) is 4.79 Å². The quantitative estimate of drug-likeness (QED) is 0.595. The van der Waals surface area contributed by atoms with Gasteiger partial charge < -0.3 is 24.8 Å². The summed E-state index contributed by atoms with van der Waals surface area (Å²) in [5.74, 6) is 1.34. The van der Waals surface area contributed by atoms with Gasteiger partial charge in [0.25, 0.3) is 0 Å². The van der Waals surface area contributed by atoms with Crippen molar-refractivity contribution in [1.29, 1.82) is 0 Å². The van der Waals surface area contributed by atoms with Crippen molar-refractivity contribution >= 4 is 45.1 Å². The highest BCUT2D eigenvalue weighted by Crippen LogP contribution is 2.36. The summed E-state index contributed by atoms with van der Waals surface area (Å²) in [6.07, 6.45) is 0. The van der Waals surface area contributed by atoms with Crippen LogP contribution in [0.15, 0.2) is 39.6 Å². The SMILES string of the molecule is COc1cc(CNc2ccc3[nH]c(=O)[nH]c3c2)cc(Br)c1OC.Cl. The van der Waals surface area contributed by atoms with Gasteiger partial charge in [-0.15, -0.1) is 12.4 Å². The van der Waals surface area contributed by atoms with Gasteiger partial charge >= 0.3 is 5.69 Å². The number of methoxy groups -OCH3 is 2. The Morgan fingerprint density at radius 3 is 2.54 bits per heavy atom. The predicted octanol–water partition coefficient (Wildman–Crippen LogP) is 3.67. The lowest BCUT2D eigenvalue weighted by atomic mass is 10.2. The molecule has 3 aromatic rings. The van der Waals surface area contributed by atoms with Crippen LogP contribution >= 0.6 is 28.3 Å². The van der Waals surface area contributed by atoms with Crippen molar-refractivity contribution in [1.82, 2.24) is 9.97 Å². The molecule has 1 aromatic heterocycles. The third kappa shape index (κ3) is 3.68. The first kappa shape index (κ1) is 18.2. The average molecular weight is 415 g/mol. The summed E-state index contributed by atoms with van der Waals surface area (Å²) in [6.45, 7) is 0.610. The Hall–Kier alpha value is -2.12. The van der Waals surface area contributed by atoms with Gasteiger partial charge in [0.05, 0.1) is 29.7 Å². The van der Waals surface area contributed by atoms with E-state index in [1.807, 2.05) is 30.3 Å². The highest BCUT2D eigenvalue weighted by atomic mass is 79.9. The molecule has 0 amide bonds. The van der Waals surface area contributed by atoms with Crippen LogP contribution in [0.2, 0.25) is 0 Å². The number of H-pyrrole nitrogens is 2. The second-order valence-corrected chi connectivity index (χ2v) is 5.86. The largest absolute Gasteiger partial charge is 0.493 e. The standard InChI is InChI=1S/C16H16BrN3O3.ClH/c1-22-14-6-9(5-11(17)15(14)23-2)8-18-10-3-4-12-13(7-10)20-16(21)19-12;/h3-7,18H,8H2,1-2H3,(H2,19,20,21);1H. The van der Waals surface area contributed by atoms with Gasteiger partial charge in [0.2, 0.25) is 0 Å². The first-order valence-corrected chi connectivity index (χ1v) is 7.76. The molecule has 24 heavy (non-hydrogen) atoms. The Labute approximate surface area is 153 Å². The van der Waals surface area contributed by atoms with Crippen LogP contribution in [0, 0.1) is 0 Å². The smallest absolute Gasteiger partial charge is 0.323 e. The van der Waals surface area contributed by atoms with Crippen LogP contribution in [0.25, 0.3) is 11.0 Å². The van der Waals surface area contributed by atoms with E-state index in [4.69, 9.17) is 9.47 Å². The maximum Gasteiger partial charge on any atom is 0.323 e. The topological polar surface area (TPSA) is 79.1 Å². The molecule has 0 radical (unpaired) electrons. The number of ether oxygens (including phenoxy) is 2. The molecule has 0 bridgehead atoms. The van der Waals surface area contributed by atoms with Crippen molar-refractivity contribution in [2.45, 2.75) is 6.54 Å². The molecule has 0 aliphatic rings. The first-order chi connectivity index (χ1) is 11.1. The summed E-state index contributed by atoms with van der Waals surface area (Å²) in [7, 11) is 3.21. The highest BCUT2D eigenvalue weighted by molar-refractivity contribution is 9.10. The zero-order valence-corrected chi connectivity index (χ0v) is 15.5. The number of hydrogen-bond acceptors (Lipinski definition) is 4. The van der Waals surface area contributed by atoms with E-state index in [9.17, 15) is 4.79 Å². The molecule has 0 aliphatic carbocycles. The molecule has 0 fully saturated rings. The number of hydrogen-bond donors (Lipinski definition) is 3. The zero-order valence-electron chi connectivity index (χ0n) is 13.1. The molecular weight excluding hydrogens is 398 g/mol. The monoisotopic (exact) mass is 413 g/mol. The summed E-state index contributed by atoms with van der Waals surface area (Å²) in [4.78, 5) is 16.7. The van der Waals surface area contributed by atoms with Crippen molar-refractivity contribution in [2.24, 2.45) is 0 Å². The molecule has 8 heteroatoms. The molecule has 0 saturated carbocycles. The lowest BCUT2D eigenvalue weighted by Gasteiger charge is -2.13. The van der Waals surface area contributed by atoms with Crippen LogP contribution in [0.1, 0.15) is 5.56 Å². The van der Waals surface area contributed by atoms with Gasteiger partial charge in [-0.05, 0) is 51.8 Å². The summed E-state index contributed by atoms with van der Waals surface area (Å²) >= 11 is 3.48. The summed E-state index contributed by atoms with van der Waals surface area (Å²) < 4.78 is 11.5. The van der Waals surface area contributed by atoms with Gasteiger partial charge in [-0.3, -0.25) is 0 Å². The number of anilines is 1. The van der Waals surface area contributed by atoms with Crippen LogP contribution in [0.3, 0.4) is 0 Å². The van der Waals surface area contributed by atoms with E-state index in [0.29, 0.717) is 18.0 Å². The van der Waals surface area contributed by atoms with Gasteiger partial charge in [0.1, 0.15) is 0 Å². The third-order valence-corrected chi connectivity index (χ3v) is 4.09. The molecule has 0 unspecified atom stereocenters. The highest BCUT2D eigenvalue weighted by Gasteiger charge is 2.10. The van der Waals surface area contributed by atoms with Crippen LogP contribution in [-0.2, 0) is 6.54 Å². The Morgan fingerprint density at radius 1 is 1.08 bits per heavy atom. The normalized spacial score (nSPS) is 10.3. The zero-order chi connectivity index (χ0) is 16.4. The molecule has 3 rings (SSSR count). The molecule has 0 spiro atoms. The van der Waals surface area contributed by atoms with E-state index in [0.717, 1.165) is 26.8 Å². The Kier molecular flexibility index (Phi) is 5.80. The second-order valence-electron chi connectivity index (χ2n) is 5.01. The number of aromatic nitrogens is 2. The van der Waals surface area contributed by atoms with Gasteiger partial charge in [0, 0.05) is 12.2 Å². The summed E-state index contributed by atoms with van der Waals surface area (Å²) in [6, 6.07) is 9.57. The number of rotatable bonds is 5. The molecule has 1 heterocycles. The Morgan fingerprint density at radius 2 is 1.83 bits per heavy atom. The minimum atomic E-state index is -0.207. The fourth-order valence-electron chi connectivity index (χ4n) is 2.42. The van der Waals surface area contributed by atoms with E-state index < -0.39 is 0 Å². The van der Waals surface area contributed by atoms with Crippen LogP contribution < -0.4 is 20.5 Å². The van der Waals surface area contributed by atoms with Crippen molar-refractivity contribution in [3.8, 4) is 11.5 Å². The molecule has 0 aliphatic heterocycles. The average Bonchev–Trinajstić information content (AvgIpc) is 2.91. The van der Waals surface area contributed by atoms with Crippen LogP contribution in [0.4, 0.5) is 5.69 Å². The lowest BCUT2D eigenvalue weighted by molar-refractivity contribution is 0.352. The lowest BCUT2D eigenvalue weighted by Crippen LogP contribution is -2.01. The minimum Gasteiger partial charge on any atom is -0.493 e. The Balaban J connectivity index is 0.00000208.